The summed E-state index contributed by atoms with van der Waals surface area (Å²) in [5, 5.41) is 36.2. The molecule has 53 heavy (non-hydrogen) atoms. The minimum atomic E-state index is -2.36. The molecule has 2 aromatic heterocycles. The van der Waals surface area contributed by atoms with Gasteiger partial charge in [-0.15, -0.1) is 0 Å². The molecule has 1 aromatic carbocycles. The first kappa shape index (κ1) is 34.6. The number of fused-ring (bicyclic) bond motifs is 3. The second kappa shape index (κ2) is 13.5. The van der Waals surface area contributed by atoms with Gasteiger partial charge in [-0.2, -0.15) is 5.10 Å². The second-order valence-corrected chi connectivity index (χ2v) is 14.7. The van der Waals surface area contributed by atoms with Gasteiger partial charge in [-0.3, -0.25) is 19.1 Å². The van der Waals surface area contributed by atoms with Crippen LogP contribution in [0.15, 0.2) is 65.9 Å². The number of aromatic nitrogens is 3. The lowest BCUT2D eigenvalue weighted by Gasteiger charge is -2.46. The number of hydrogen-bond donors (Lipinski definition) is 7. The number of aliphatic hydroxyl groups is 2. The molecule has 3 aromatic rings. The molecule has 2 saturated carbocycles. The fourth-order valence-electron chi connectivity index (χ4n) is 7.23. The standard InChI is InChI=1S/C37H45N11O5/c1-45-20-29-25(17-40-48(29)23-18-47(19-23)37(52,53)30-9-5-8-27(43-30)36(51)46-14-2-3-15-46)24-6-4-7-26(33(24)45)42-28(32(39)35(50)41-22-12-13-22)16-31(38)44-34(49)21-10-11-21/h4-9,16-17,21-23,42,52-53H,2-3,10-15,18-20,38-39H2,1H3,(H,41,50)(H,44,49)/b31-16+,32-28+. The Morgan fingerprint density at radius 1 is 0.981 bits per heavy atom. The molecule has 9 N–H and O–H groups in total. The van der Waals surface area contributed by atoms with Gasteiger partial charge in [0.25, 0.3) is 17.7 Å². The van der Waals surface area contributed by atoms with E-state index in [9.17, 15) is 24.6 Å². The van der Waals surface area contributed by atoms with Crippen molar-refractivity contribution in [3.63, 3.8) is 0 Å². The average Bonchev–Trinajstić information content (AvgIpc) is 4.04. The molecule has 5 heterocycles. The van der Waals surface area contributed by atoms with Crippen LogP contribution in [0.3, 0.4) is 0 Å². The summed E-state index contributed by atoms with van der Waals surface area (Å²) in [4.78, 5) is 48.1. The molecule has 0 atom stereocenters. The van der Waals surface area contributed by atoms with Gasteiger partial charge in [-0.1, -0.05) is 18.2 Å². The van der Waals surface area contributed by atoms with Crippen LogP contribution in [-0.2, 0) is 22.0 Å². The quantitative estimate of drug-likeness (QED) is 0.0836. The normalized spacial score (nSPS) is 19.6. The lowest BCUT2D eigenvalue weighted by atomic mass is 9.97. The Morgan fingerprint density at radius 3 is 2.43 bits per heavy atom. The number of nitrogens with one attached hydrogen (secondary N) is 3. The number of pyridine rings is 1. The zero-order valence-corrected chi connectivity index (χ0v) is 29.6. The number of likely N-dealkylation sites (tertiary alicyclic amines) is 2. The third-order valence-electron chi connectivity index (χ3n) is 10.6. The molecular weight excluding hydrogens is 678 g/mol. The Morgan fingerprint density at radius 2 is 1.72 bits per heavy atom. The summed E-state index contributed by atoms with van der Waals surface area (Å²) in [7, 11) is 1.96. The molecule has 0 spiro atoms. The highest BCUT2D eigenvalue weighted by molar-refractivity contribution is 5.96. The lowest BCUT2D eigenvalue weighted by molar-refractivity contribution is -0.302. The van der Waals surface area contributed by atoms with E-state index >= 15 is 0 Å². The van der Waals surface area contributed by atoms with Gasteiger partial charge < -0.3 is 47.4 Å². The van der Waals surface area contributed by atoms with Gasteiger partial charge in [0.15, 0.2) is 0 Å². The molecular formula is C37H45N11O5. The number of para-hydroxylation sites is 1. The molecule has 2 saturated heterocycles. The third kappa shape index (κ3) is 6.80. The first-order valence-electron chi connectivity index (χ1n) is 18.2. The number of nitrogens with two attached hydrogens (primary N) is 2. The molecule has 0 bridgehead atoms. The first-order chi connectivity index (χ1) is 25.5. The van der Waals surface area contributed by atoms with E-state index in [4.69, 9.17) is 16.6 Å². The van der Waals surface area contributed by atoms with Crippen molar-refractivity contribution in [2.45, 2.75) is 63.1 Å². The van der Waals surface area contributed by atoms with Crippen LogP contribution in [0.2, 0.25) is 0 Å². The fraction of sp³-hybridized carbons (Fsp3) is 0.432. The average molecular weight is 724 g/mol. The Bertz CT molecular complexity index is 2020. The van der Waals surface area contributed by atoms with Crippen LogP contribution in [0.25, 0.3) is 11.1 Å². The molecule has 3 amide bonds. The first-order valence-corrected chi connectivity index (χ1v) is 18.2. The number of hydrogen-bond acceptors (Lipinski definition) is 12. The third-order valence-corrected chi connectivity index (χ3v) is 10.6. The number of carbonyl (C=O) groups excluding carboxylic acids is 3. The van der Waals surface area contributed by atoms with Crippen LogP contribution >= 0.6 is 0 Å². The summed E-state index contributed by atoms with van der Waals surface area (Å²) in [6.07, 6.45) is 8.64. The highest BCUT2D eigenvalue weighted by Gasteiger charge is 2.46. The molecule has 16 nitrogen and oxygen atoms in total. The van der Waals surface area contributed by atoms with E-state index in [1.165, 1.54) is 17.0 Å². The zero-order chi connectivity index (χ0) is 37.0. The van der Waals surface area contributed by atoms with Gasteiger partial charge >= 0.3 is 0 Å². The number of allylic oxidation sites excluding steroid dienone is 1. The van der Waals surface area contributed by atoms with Crippen molar-refractivity contribution in [3.8, 4) is 11.1 Å². The summed E-state index contributed by atoms with van der Waals surface area (Å²) >= 11 is 0. The maximum absolute atomic E-state index is 13.1. The number of anilines is 2. The van der Waals surface area contributed by atoms with E-state index < -0.39 is 11.8 Å². The number of carbonyl (C=O) groups is 3. The van der Waals surface area contributed by atoms with Gasteiger partial charge in [0.2, 0.25) is 5.91 Å². The summed E-state index contributed by atoms with van der Waals surface area (Å²) in [5.74, 6) is -3.12. The minimum Gasteiger partial charge on any atom is -0.393 e. The summed E-state index contributed by atoms with van der Waals surface area (Å²) in [6, 6.07) is 10.5. The number of benzene rings is 1. The Kier molecular flexibility index (Phi) is 8.83. The molecule has 278 valence electrons. The van der Waals surface area contributed by atoms with Gasteiger partial charge in [0.05, 0.1) is 41.5 Å². The van der Waals surface area contributed by atoms with Crippen LogP contribution in [0.4, 0.5) is 11.4 Å². The van der Waals surface area contributed by atoms with Crippen LogP contribution in [0, 0.1) is 5.92 Å². The highest BCUT2D eigenvalue weighted by Crippen LogP contribution is 2.45. The summed E-state index contributed by atoms with van der Waals surface area (Å²) < 4.78 is 1.93. The fourth-order valence-corrected chi connectivity index (χ4v) is 7.23. The van der Waals surface area contributed by atoms with E-state index in [1.807, 2.05) is 36.1 Å². The maximum Gasteiger partial charge on any atom is 0.272 e. The topological polar surface area (TPSA) is 220 Å². The summed E-state index contributed by atoms with van der Waals surface area (Å²) in [5.41, 5.74) is 17.4. The number of amides is 3. The van der Waals surface area contributed by atoms with E-state index in [2.05, 4.69) is 25.8 Å². The van der Waals surface area contributed by atoms with Crippen molar-refractivity contribution in [1.82, 2.24) is 35.2 Å². The molecule has 16 heteroatoms. The minimum absolute atomic E-state index is 0.00171. The lowest BCUT2D eigenvalue weighted by Crippen LogP contribution is -2.59. The smallest absolute Gasteiger partial charge is 0.272 e. The summed E-state index contributed by atoms with van der Waals surface area (Å²) in [6.45, 7) is 2.44. The number of nitrogens with zero attached hydrogens (tertiary/aromatic N) is 6. The van der Waals surface area contributed by atoms with Gasteiger partial charge in [0, 0.05) is 62.4 Å². The molecule has 5 aliphatic rings. The van der Waals surface area contributed by atoms with E-state index in [0.717, 1.165) is 61.0 Å². The van der Waals surface area contributed by atoms with Crippen molar-refractivity contribution in [1.29, 1.82) is 0 Å². The van der Waals surface area contributed by atoms with Crippen molar-refractivity contribution >= 4 is 29.1 Å². The molecule has 4 fully saturated rings. The maximum atomic E-state index is 13.1. The molecule has 0 radical (unpaired) electrons. The predicted octanol–water partition coefficient (Wildman–Crippen LogP) is 0.970. The van der Waals surface area contributed by atoms with Crippen molar-refractivity contribution in [2.24, 2.45) is 17.4 Å². The van der Waals surface area contributed by atoms with Crippen LogP contribution < -0.4 is 32.3 Å². The molecule has 2 aliphatic carbocycles. The van der Waals surface area contributed by atoms with Gasteiger partial charge in [-0.05, 0) is 56.7 Å². The van der Waals surface area contributed by atoms with Crippen molar-refractivity contribution in [2.75, 3.05) is 43.4 Å². The van der Waals surface area contributed by atoms with Crippen molar-refractivity contribution < 1.29 is 24.6 Å². The van der Waals surface area contributed by atoms with Crippen LogP contribution in [-0.4, -0.2) is 91.8 Å². The van der Waals surface area contributed by atoms with Gasteiger partial charge in [0.1, 0.15) is 22.9 Å². The Hall–Kier alpha value is -5.45. The highest BCUT2D eigenvalue weighted by atomic mass is 16.5. The number of rotatable bonds is 11. The van der Waals surface area contributed by atoms with E-state index in [-0.39, 0.29) is 58.4 Å². The van der Waals surface area contributed by atoms with Crippen LogP contribution in [0.5, 0.6) is 0 Å². The van der Waals surface area contributed by atoms with E-state index in [0.29, 0.717) is 38.4 Å². The SMILES string of the molecule is CN1Cc2c(cnn2C2CN(C(O)(O)c3cccc(C(=O)N4CCCC4)n3)C2)-c2cccc(NC(/C=C(\N)NC(=O)C3CC3)=C(/N)C(=O)NC3CC3)c21. The Labute approximate surface area is 306 Å². The molecule has 3 aliphatic heterocycles. The van der Waals surface area contributed by atoms with Gasteiger partial charge in [-0.25, -0.2) is 9.88 Å². The van der Waals surface area contributed by atoms with E-state index in [1.54, 1.807) is 17.0 Å². The zero-order valence-electron chi connectivity index (χ0n) is 29.6. The molecule has 8 rings (SSSR count). The molecule has 0 unspecified atom stereocenters. The second-order valence-electron chi connectivity index (χ2n) is 14.7. The largest absolute Gasteiger partial charge is 0.393 e. The Balaban J connectivity index is 1.01. The predicted molar refractivity (Wildman–Crippen MR) is 195 cm³/mol. The van der Waals surface area contributed by atoms with Crippen LogP contribution in [0.1, 0.15) is 66.4 Å². The van der Waals surface area contributed by atoms with Crippen molar-refractivity contribution in [3.05, 3.63) is 83.0 Å². The monoisotopic (exact) mass is 723 g/mol.